The molecule has 0 saturated carbocycles. The predicted molar refractivity (Wildman–Crippen MR) is 121 cm³/mol. The van der Waals surface area contributed by atoms with Gasteiger partial charge in [-0.3, -0.25) is 4.79 Å². The molecule has 2 heterocycles. The zero-order valence-electron chi connectivity index (χ0n) is 17.7. The molecule has 1 aliphatic rings. The van der Waals surface area contributed by atoms with Gasteiger partial charge in [0.15, 0.2) is 0 Å². The van der Waals surface area contributed by atoms with E-state index in [-0.39, 0.29) is 22.4 Å². The van der Waals surface area contributed by atoms with Crippen LogP contribution >= 0.6 is 11.3 Å². The number of carbonyl (C=O) groups excluding carboxylic acids is 1. The molecule has 168 valence electrons. The second-order valence-electron chi connectivity index (χ2n) is 7.86. The number of hydrogen-bond donors (Lipinski definition) is 1. The van der Waals surface area contributed by atoms with Crippen molar-refractivity contribution in [2.45, 2.75) is 37.5 Å². The summed E-state index contributed by atoms with van der Waals surface area (Å²) in [5.41, 5.74) is 2.30. The smallest absolute Gasteiger partial charge is 0.286 e. The minimum absolute atomic E-state index is 0.140. The molecule has 2 aromatic carbocycles. The third-order valence-electron chi connectivity index (χ3n) is 5.57. The second kappa shape index (κ2) is 9.05. The van der Waals surface area contributed by atoms with Crippen molar-refractivity contribution in [1.82, 2.24) is 14.5 Å². The molecule has 32 heavy (non-hydrogen) atoms. The number of halogens is 1. The van der Waals surface area contributed by atoms with Crippen LogP contribution < -0.4 is 5.32 Å². The van der Waals surface area contributed by atoms with E-state index in [9.17, 15) is 17.6 Å². The summed E-state index contributed by atoms with van der Waals surface area (Å²) in [4.78, 5) is 12.7. The molecule has 0 unspecified atom stereocenters. The highest BCUT2D eigenvalue weighted by Crippen LogP contribution is 2.32. The summed E-state index contributed by atoms with van der Waals surface area (Å²) < 4.78 is 41.2. The molecule has 1 atom stereocenters. The number of benzene rings is 2. The maximum Gasteiger partial charge on any atom is 0.286 e. The van der Waals surface area contributed by atoms with E-state index in [2.05, 4.69) is 15.5 Å². The van der Waals surface area contributed by atoms with Gasteiger partial charge in [0.05, 0.1) is 4.90 Å². The van der Waals surface area contributed by atoms with Gasteiger partial charge in [-0.1, -0.05) is 23.5 Å². The molecule has 1 amide bonds. The van der Waals surface area contributed by atoms with Gasteiger partial charge in [0.25, 0.3) is 5.91 Å². The third kappa shape index (κ3) is 4.72. The van der Waals surface area contributed by atoms with Gasteiger partial charge in [0.1, 0.15) is 10.8 Å². The third-order valence-corrected chi connectivity index (χ3v) is 8.51. The lowest BCUT2D eigenvalue weighted by molar-refractivity contribution is 0.102. The number of amides is 1. The van der Waals surface area contributed by atoms with Gasteiger partial charge in [0, 0.05) is 24.7 Å². The fraction of sp³-hybridized carbons (Fsp3) is 0.318. The van der Waals surface area contributed by atoms with E-state index in [4.69, 9.17) is 0 Å². The van der Waals surface area contributed by atoms with Crippen LogP contribution in [-0.2, 0) is 10.0 Å². The normalized spacial score (nSPS) is 17.3. The van der Waals surface area contributed by atoms with Gasteiger partial charge in [0.2, 0.25) is 15.0 Å². The Kier molecular flexibility index (Phi) is 6.36. The van der Waals surface area contributed by atoms with Gasteiger partial charge < -0.3 is 5.32 Å². The van der Waals surface area contributed by atoms with Crippen molar-refractivity contribution < 1.29 is 17.6 Å². The van der Waals surface area contributed by atoms with Gasteiger partial charge in [-0.05, 0) is 68.1 Å². The first-order chi connectivity index (χ1) is 15.2. The molecule has 0 spiro atoms. The average Bonchev–Trinajstić information content (AvgIpc) is 3.26. The fourth-order valence-corrected chi connectivity index (χ4v) is 6.10. The van der Waals surface area contributed by atoms with Crippen LogP contribution in [0.4, 0.5) is 10.1 Å². The minimum atomic E-state index is -3.62. The van der Waals surface area contributed by atoms with Crippen molar-refractivity contribution in [1.29, 1.82) is 0 Å². The van der Waals surface area contributed by atoms with Crippen molar-refractivity contribution in [2.75, 3.05) is 18.4 Å². The molecule has 4 rings (SSSR count). The van der Waals surface area contributed by atoms with E-state index in [0.717, 1.165) is 28.9 Å². The first-order valence-electron chi connectivity index (χ1n) is 10.2. The number of rotatable bonds is 5. The minimum Gasteiger partial charge on any atom is -0.320 e. The number of aryl methyl sites for hydroxylation is 2. The maximum atomic E-state index is 13.3. The Morgan fingerprint density at radius 1 is 1.16 bits per heavy atom. The van der Waals surface area contributed by atoms with Crippen LogP contribution in [0.2, 0.25) is 0 Å². The number of carbonyl (C=O) groups is 1. The Balaban J connectivity index is 1.48. The van der Waals surface area contributed by atoms with Crippen molar-refractivity contribution in [3.63, 3.8) is 0 Å². The molecule has 0 radical (unpaired) electrons. The molecule has 1 N–H and O–H groups in total. The van der Waals surface area contributed by atoms with Gasteiger partial charge in [-0.25, -0.2) is 12.8 Å². The number of nitrogens with zero attached hydrogens (tertiary/aromatic N) is 3. The van der Waals surface area contributed by atoms with Crippen LogP contribution in [0, 0.1) is 19.7 Å². The first-order valence-corrected chi connectivity index (χ1v) is 12.5. The van der Waals surface area contributed by atoms with Gasteiger partial charge in [-0.2, -0.15) is 4.31 Å². The Morgan fingerprint density at radius 3 is 2.72 bits per heavy atom. The Morgan fingerprint density at radius 2 is 1.97 bits per heavy atom. The van der Waals surface area contributed by atoms with E-state index in [1.54, 1.807) is 18.2 Å². The summed E-state index contributed by atoms with van der Waals surface area (Å²) >= 11 is 1.13. The fourth-order valence-electron chi connectivity index (χ4n) is 3.63. The summed E-state index contributed by atoms with van der Waals surface area (Å²) in [7, 11) is -3.62. The standard InChI is InChI=1S/C22H23FN4O3S2/c1-14-8-9-19(11-15(14)2)32(29,30)27-10-4-5-16(13-27)21-25-26-22(31-21)20(28)24-18-7-3-6-17(23)12-18/h3,6-9,11-12,16H,4-5,10,13H2,1-2H3,(H,24,28)/t16-/m1/s1. The van der Waals surface area contributed by atoms with Gasteiger partial charge >= 0.3 is 0 Å². The lowest BCUT2D eigenvalue weighted by atomic mass is 10.0. The second-order valence-corrected chi connectivity index (χ2v) is 10.8. The number of hydrogen-bond acceptors (Lipinski definition) is 6. The maximum absolute atomic E-state index is 13.3. The highest BCUT2D eigenvalue weighted by atomic mass is 32.2. The van der Waals surface area contributed by atoms with Gasteiger partial charge in [-0.15, -0.1) is 10.2 Å². The van der Waals surface area contributed by atoms with Crippen molar-refractivity contribution in [2.24, 2.45) is 0 Å². The number of nitrogens with one attached hydrogen (secondary N) is 1. The van der Waals surface area contributed by atoms with Crippen LogP contribution in [0.5, 0.6) is 0 Å². The molecular weight excluding hydrogens is 451 g/mol. The Bertz CT molecular complexity index is 1260. The molecule has 1 aromatic heterocycles. The first kappa shape index (κ1) is 22.5. The molecule has 1 saturated heterocycles. The highest BCUT2D eigenvalue weighted by Gasteiger charge is 2.33. The number of sulfonamides is 1. The van der Waals surface area contributed by atoms with Crippen LogP contribution in [0.1, 0.15) is 44.7 Å². The summed E-state index contributed by atoms with van der Waals surface area (Å²) in [5.74, 6) is -1.07. The molecule has 10 heteroatoms. The summed E-state index contributed by atoms with van der Waals surface area (Å²) in [6, 6.07) is 10.8. The van der Waals surface area contributed by atoms with Crippen molar-refractivity contribution >= 4 is 33.0 Å². The van der Waals surface area contributed by atoms with Crippen LogP contribution in [0.3, 0.4) is 0 Å². The Labute approximate surface area is 190 Å². The lowest BCUT2D eigenvalue weighted by Gasteiger charge is -2.30. The van der Waals surface area contributed by atoms with E-state index < -0.39 is 21.7 Å². The predicted octanol–water partition coefficient (Wildman–Crippen LogP) is 4.11. The molecule has 0 aliphatic carbocycles. The van der Waals surface area contributed by atoms with Crippen molar-refractivity contribution in [3.05, 3.63) is 69.4 Å². The zero-order chi connectivity index (χ0) is 22.9. The monoisotopic (exact) mass is 474 g/mol. The number of piperidine rings is 1. The SMILES string of the molecule is Cc1ccc(S(=O)(=O)N2CCC[C@@H](c3nnc(C(=O)Nc4cccc(F)c4)s3)C2)cc1C. The topological polar surface area (TPSA) is 92.3 Å². The number of aromatic nitrogens is 2. The van der Waals surface area contributed by atoms with Crippen molar-refractivity contribution in [3.8, 4) is 0 Å². The molecule has 1 fully saturated rings. The largest absolute Gasteiger partial charge is 0.320 e. The molecular formula is C22H23FN4O3S2. The van der Waals surface area contributed by atoms with E-state index in [1.165, 1.54) is 22.5 Å². The molecule has 7 nitrogen and oxygen atoms in total. The average molecular weight is 475 g/mol. The summed E-state index contributed by atoms with van der Waals surface area (Å²) in [6.45, 7) is 4.57. The lowest BCUT2D eigenvalue weighted by Crippen LogP contribution is -2.39. The quantitative estimate of drug-likeness (QED) is 0.601. The zero-order valence-corrected chi connectivity index (χ0v) is 19.3. The van der Waals surface area contributed by atoms with Crippen LogP contribution in [-0.4, -0.2) is 41.9 Å². The molecule has 0 bridgehead atoms. The van der Waals surface area contributed by atoms with Crippen LogP contribution in [0.15, 0.2) is 47.4 Å². The molecule has 1 aliphatic heterocycles. The number of anilines is 1. The van der Waals surface area contributed by atoms with E-state index in [0.29, 0.717) is 23.7 Å². The summed E-state index contributed by atoms with van der Waals surface area (Å²) in [5, 5.41) is 11.5. The highest BCUT2D eigenvalue weighted by molar-refractivity contribution is 7.89. The summed E-state index contributed by atoms with van der Waals surface area (Å²) in [6.07, 6.45) is 1.46. The Hall–Kier alpha value is -2.69. The van der Waals surface area contributed by atoms with Crippen LogP contribution in [0.25, 0.3) is 0 Å². The molecule has 3 aromatic rings. The van der Waals surface area contributed by atoms with E-state index >= 15 is 0 Å². The van der Waals surface area contributed by atoms with E-state index in [1.807, 2.05) is 19.9 Å².